The van der Waals surface area contributed by atoms with E-state index in [1.165, 1.54) is 6.07 Å². The molecule has 1 N–H and O–H groups in total. The SMILES string of the molecule is Fc1ccc(Br)cc1NC1CCN(c2ccccn2)CC1. The van der Waals surface area contributed by atoms with E-state index in [4.69, 9.17) is 0 Å². The summed E-state index contributed by atoms with van der Waals surface area (Å²) in [4.78, 5) is 6.65. The molecule has 5 heteroatoms. The fourth-order valence-electron chi connectivity index (χ4n) is 2.62. The van der Waals surface area contributed by atoms with Crippen LogP contribution in [0.5, 0.6) is 0 Å². The van der Waals surface area contributed by atoms with Crippen molar-refractivity contribution in [1.29, 1.82) is 0 Å². The second-order valence-corrected chi connectivity index (χ2v) is 6.13. The fraction of sp³-hybridized carbons (Fsp3) is 0.312. The van der Waals surface area contributed by atoms with Gasteiger partial charge in [-0.3, -0.25) is 0 Å². The number of nitrogens with one attached hydrogen (secondary N) is 1. The van der Waals surface area contributed by atoms with Crippen molar-refractivity contribution in [3.8, 4) is 0 Å². The van der Waals surface area contributed by atoms with Crippen molar-refractivity contribution in [3.05, 3.63) is 52.9 Å². The molecular weight excluding hydrogens is 333 g/mol. The summed E-state index contributed by atoms with van der Waals surface area (Å²) in [6.07, 6.45) is 3.77. The van der Waals surface area contributed by atoms with Gasteiger partial charge < -0.3 is 10.2 Å². The van der Waals surface area contributed by atoms with E-state index in [9.17, 15) is 4.39 Å². The van der Waals surface area contributed by atoms with Crippen LogP contribution >= 0.6 is 15.9 Å². The molecule has 0 unspecified atom stereocenters. The lowest BCUT2D eigenvalue weighted by Gasteiger charge is -2.33. The smallest absolute Gasteiger partial charge is 0.146 e. The van der Waals surface area contributed by atoms with E-state index in [0.717, 1.165) is 36.2 Å². The van der Waals surface area contributed by atoms with Crippen molar-refractivity contribution >= 4 is 27.4 Å². The number of aromatic nitrogens is 1. The summed E-state index contributed by atoms with van der Waals surface area (Å²) in [5.41, 5.74) is 0.570. The first-order valence-corrected chi connectivity index (χ1v) is 7.89. The first-order valence-electron chi connectivity index (χ1n) is 7.10. The molecule has 1 saturated heterocycles. The lowest BCUT2D eigenvalue weighted by molar-refractivity contribution is 0.519. The molecule has 2 aromatic rings. The molecule has 0 aliphatic carbocycles. The Balaban J connectivity index is 1.60. The van der Waals surface area contributed by atoms with Gasteiger partial charge in [0.1, 0.15) is 11.6 Å². The van der Waals surface area contributed by atoms with Gasteiger partial charge in [-0.1, -0.05) is 22.0 Å². The van der Waals surface area contributed by atoms with Crippen LogP contribution in [0.1, 0.15) is 12.8 Å². The predicted molar refractivity (Wildman–Crippen MR) is 87.2 cm³/mol. The molecule has 1 aliphatic heterocycles. The number of rotatable bonds is 3. The number of benzene rings is 1. The highest BCUT2D eigenvalue weighted by molar-refractivity contribution is 9.10. The average Bonchev–Trinajstić information content (AvgIpc) is 2.53. The molecule has 0 spiro atoms. The van der Waals surface area contributed by atoms with E-state index in [1.54, 1.807) is 12.1 Å². The molecular formula is C16H17BrFN3. The highest BCUT2D eigenvalue weighted by Gasteiger charge is 2.20. The van der Waals surface area contributed by atoms with E-state index >= 15 is 0 Å². The van der Waals surface area contributed by atoms with Crippen molar-refractivity contribution in [2.24, 2.45) is 0 Å². The standard InChI is InChI=1S/C16H17BrFN3/c17-12-4-5-14(18)15(11-12)20-13-6-9-21(10-7-13)16-3-1-2-8-19-16/h1-5,8,11,13,20H,6-7,9-10H2. The van der Waals surface area contributed by atoms with Crippen LogP contribution in [0, 0.1) is 5.82 Å². The Hall–Kier alpha value is -1.62. The molecule has 1 fully saturated rings. The molecule has 2 heterocycles. The van der Waals surface area contributed by atoms with Crippen molar-refractivity contribution in [1.82, 2.24) is 4.98 Å². The van der Waals surface area contributed by atoms with E-state index in [0.29, 0.717) is 11.7 Å². The van der Waals surface area contributed by atoms with Gasteiger partial charge in [0.05, 0.1) is 5.69 Å². The van der Waals surface area contributed by atoms with Crippen LogP contribution in [0.3, 0.4) is 0 Å². The summed E-state index contributed by atoms with van der Waals surface area (Å²) in [6.45, 7) is 1.87. The highest BCUT2D eigenvalue weighted by Crippen LogP contribution is 2.24. The zero-order valence-corrected chi connectivity index (χ0v) is 13.2. The summed E-state index contributed by atoms with van der Waals surface area (Å²) in [7, 11) is 0. The van der Waals surface area contributed by atoms with Gasteiger partial charge in [0.25, 0.3) is 0 Å². The third kappa shape index (κ3) is 3.53. The molecule has 1 aromatic carbocycles. The minimum atomic E-state index is -0.203. The van der Waals surface area contributed by atoms with Gasteiger partial charge in [0.2, 0.25) is 0 Å². The lowest BCUT2D eigenvalue weighted by Crippen LogP contribution is -2.39. The Bertz CT molecular complexity index is 598. The van der Waals surface area contributed by atoms with Crippen molar-refractivity contribution in [2.75, 3.05) is 23.3 Å². The summed E-state index contributed by atoms with van der Waals surface area (Å²) in [6, 6.07) is 11.2. The van der Waals surface area contributed by atoms with Crippen LogP contribution in [0.25, 0.3) is 0 Å². The number of nitrogens with zero attached hydrogens (tertiary/aromatic N) is 2. The molecule has 3 rings (SSSR count). The number of pyridine rings is 1. The van der Waals surface area contributed by atoms with Gasteiger partial charge in [-0.25, -0.2) is 9.37 Å². The molecule has 0 saturated carbocycles. The van der Waals surface area contributed by atoms with E-state index in [2.05, 4.69) is 31.1 Å². The largest absolute Gasteiger partial charge is 0.380 e. The van der Waals surface area contributed by atoms with Crippen molar-refractivity contribution in [3.63, 3.8) is 0 Å². The molecule has 3 nitrogen and oxygen atoms in total. The summed E-state index contributed by atoms with van der Waals surface area (Å²) >= 11 is 3.38. The number of anilines is 2. The third-order valence-electron chi connectivity index (χ3n) is 3.76. The molecule has 0 atom stereocenters. The lowest BCUT2D eigenvalue weighted by atomic mass is 10.0. The maximum absolute atomic E-state index is 13.8. The fourth-order valence-corrected chi connectivity index (χ4v) is 2.98. The van der Waals surface area contributed by atoms with Crippen LogP contribution in [0.15, 0.2) is 47.1 Å². The second kappa shape index (κ2) is 6.43. The first kappa shape index (κ1) is 14.3. The van der Waals surface area contributed by atoms with Crippen LogP contribution in [-0.4, -0.2) is 24.1 Å². The Labute approximate surface area is 132 Å². The molecule has 0 radical (unpaired) electrons. The Kier molecular flexibility index (Phi) is 4.39. The summed E-state index contributed by atoms with van der Waals surface area (Å²) < 4.78 is 14.6. The van der Waals surface area contributed by atoms with E-state index < -0.39 is 0 Å². The number of hydrogen-bond acceptors (Lipinski definition) is 3. The number of hydrogen-bond donors (Lipinski definition) is 1. The van der Waals surface area contributed by atoms with Crippen molar-refractivity contribution < 1.29 is 4.39 Å². The van der Waals surface area contributed by atoms with Gasteiger partial charge in [0.15, 0.2) is 0 Å². The van der Waals surface area contributed by atoms with Crippen LogP contribution < -0.4 is 10.2 Å². The van der Waals surface area contributed by atoms with Gasteiger partial charge in [-0.15, -0.1) is 0 Å². The van der Waals surface area contributed by atoms with E-state index in [1.807, 2.05) is 24.4 Å². The number of piperidine rings is 1. The Morgan fingerprint density at radius 1 is 1.19 bits per heavy atom. The van der Waals surface area contributed by atoms with Gasteiger partial charge in [0, 0.05) is 29.8 Å². The third-order valence-corrected chi connectivity index (χ3v) is 4.25. The van der Waals surface area contributed by atoms with Crippen molar-refractivity contribution in [2.45, 2.75) is 18.9 Å². The summed E-state index contributed by atoms with van der Waals surface area (Å²) in [5.74, 6) is 0.815. The minimum Gasteiger partial charge on any atom is -0.380 e. The van der Waals surface area contributed by atoms with E-state index in [-0.39, 0.29) is 5.82 Å². The predicted octanol–water partition coefficient (Wildman–Crippen LogP) is 4.06. The topological polar surface area (TPSA) is 28.2 Å². The Morgan fingerprint density at radius 3 is 2.71 bits per heavy atom. The van der Waals surface area contributed by atoms with Gasteiger partial charge in [-0.05, 0) is 43.2 Å². The van der Waals surface area contributed by atoms with Crippen LogP contribution in [0.4, 0.5) is 15.9 Å². The zero-order valence-electron chi connectivity index (χ0n) is 11.6. The molecule has 1 aliphatic rings. The molecule has 21 heavy (non-hydrogen) atoms. The molecule has 1 aromatic heterocycles. The van der Waals surface area contributed by atoms with Crippen LogP contribution in [-0.2, 0) is 0 Å². The monoisotopic (exact) mass is 349 g/mol. The zero-order chi connectivity index (χ0) is 14.7. The molecule has 0 amide bonds. The maximum atomic E-state index is 13.8. The highest BCUT2D eigenvalue weighted by atomic mass is 79.9. The minimum absolute atomic E-state index is 0.203. The molecule has 110 valence electrons. The second-order valence-electron chi connectivity index (χ2n) is 5.22. The maximum Gasteiger partial charge on any atom is 0.146 e. The van der Waals surface area contributed by atoms with Crippen LogP contribution in [0.2, 0.25) is 0 Å². The quantitative estimate of drug-likeness (QED) is 0.905. The normalized spacial score (nSPS) is 16.0. The average molecular weight is 350 g/mol. The number of halogens is 2. The first-order chi connectivity index (χ1) is 10.2. The summed E-state index contributed by atoms with van der Waals surface area (Å²) in [5, 5.41) is 3.31. The Morgan fingerprint density at radius 2 is 2.00 bits per heavy atom. The van der Waals surface area contributed by atoms with Gasteiger partial charge >= 0.3 is 0 Å². The molecule has 0 bridgehead atoms. The van der Waals surface area contributed by atoms with Gasteiger partial charge in [-0.2, -0.15) is 0 Å².